The van der Waals surface area contributed by atoms with Gasteiger partial charge < -0.3 is 9.47 Å². The van der Waals surface area contributed by atoms with Crippen molar-refractivity contribution in [3.05, 3.63) is 0 Å². The molecule has 2 rings (SSSR count). The highest BCUT2D eigenvalue weighted by atomic mass is 16.5. The molecule has 0 aliphatic carbocycles. The van der Waals surface area contributed by atoms with Gasteiger partial charge in [0, 0.05) is 26.4 Å². The lowest BCUT2D eigenvalue weighted by atomic mass is 9.66. The molecule has 1 amide bonds. The lowest BCUT2D eigenvalue weighted by molar-refractivity contribution is -0.145. The zero-order valence-corrected chi connectivity index (χ0v) is 9.54. The molecule has 0 bridgehead atoms. The Hall–Kier alpha value is -0.650. The molecule has 0 spiro atoms. The second-order valence-electron chi connectivity index (χ2n) is 4.63. The van der Waals surface area contributed by atoms with Crippen LogP contribution < -0.4 is 11.3 Å². The number of nitrogens with two attached hydrogens (primary N) is 1. The van der Waals surface area contributed by atoms with Crippen LogP contribution in [0.3, 0.4) is 0 Å². The maximum atomic E-state index is 12.1. The Morgan fingerprint density at radius 2 is 1.69 bits per heavy atom. The van der Waals surface area contributed by atoms with Crippen LogP contribution in [-0.4, -0.2) is 32.3 Å². The lowest BCUT2D eigenvalue weighted by Crippen LogP contribution is -2.52. The van der Waals surface area contributed by atoms with E-state index in [-0.39, 0.29) is 11.3 Å². The first-order chi connectivity index (χ1) is 7.79. The summed E-state index contributed by atoms with van der Waals surface area (Å²) in [5, 5.41) is 0. The second kappa shape index (κ2) is 5.12. The van der Waals surface area contributed by atoms with Gasteiger partial charge in [-0.05, 0) is 31.6 Å². The van der Waals surface area contributed by atoms with Crippen LogP contribution in [0.4, 0.5) is 0 Å². The standard InChI is InChI=1S/C11H20N2O3/c12-13-10(14)11(3-7-16-8-4-11)9-1-5-15-6-2-9/h9H,1-8,12H2,(H,13,14). The monoisotopic (exact) mass is 228 g/mol. The third-order valence-corrected chi connectivity index (χ3v) is 3.97. The molecule has 0 radical (unpaired) electrons. The number of hydrazine groups is 1. The minimum Gasteiger partial charge on any atom is -0.381 e. The molecule has 0 aromatic carbocycles. The summed E-state index contributed by atoms with van der Waals surface area (Å²) in [4.78, 5) is 12.1. The van der Waals surface area contributed by atoms with Gasteiger partial charge in [-0.1, -0.05) is 0 Å². The predicted molar refractivity (Wildman–Crippen MR) is 58.4 cm³/mol. The van der Waals surface area contributed by atoms with E-state index >= 15 is 0 Å². The van der Waals surface area contributed by atoms with Gasteiger partial charge in [-0.2, -0.15) is 0 Å². The van der Waals surface area contributed by atoms with Gasteiger partial charge in [0.05, 0.1) is 5.41 Å². The van der Waals surface area contributed by atoms with Crippen LogP contribution in [0, 0.1) is 11.3 Å². The molecule has 0 aromatic heterocycles. The summed E-state index contributed by atoms with van der Waals surface area (Å²) in [5.41, 5.74) is 2.01. The van der Waals surface area contributed by atoms with Crippen molar-refractivity contribution in [1.82, 2.24) is 5.43 Å². The van der Waals surface area contributed by atoms with E-state index in [0.29, 0.717) is 19.1 Å². The molecule has 5 heteroatoms. The van der Waals surface area contributed by atoms with Gasteiger partial charge in [0.15, 0.2) is 0 Å². The fourth-order valence-corrected chi connectivity index (χ4v) is 2.95. The van der Waals surface area contributed by atoms with E-state index in [2.05, 4.69) is 5.43 Å². The van der Waals surface area contributed by atoms with Crippen molar-refractivity contribution in [2.24, 2.45) is 17.2 Å². The average Bonchev–Trinajstić information content (AvgIpc) is 2.39. The first-order valence-corrected chi connectivity index (χ1v) is 5.96. The third kappa shape index (κ3) is 2.07. The molecular weight excluding hydrogens is 208 g/mol. The zero-order valence-electron chi connectivity index (χ0n) is 9.54. The van der Waals surface area contributed by atoms with Gasteiger partial charge in [-0.3, -0.25) is 10.2 Å². The number of carbonyl (C=O) groups is 1. The number of hydrogen-bond acceptors (Lipinski definition) is 4. The van der Waals surface area contributed by atoms with Crippen molar-refractivity contribution < 1.29 is 14.3 Å². The summed E-state index contributed by atoms with van der Waals surface area (Å²) in [6, 6.07) is 0. The van der Waals surface area contributed by atoms with Gasteiger partial charge in [0.25, 0.3) is 0 Å². The molecule has 0 atom stereocenters. The smallest absolute Gasteiger partial charge is 0.240 e. The predicted octanol–water partition coefficient (Wildman–Crippen LogP) is 0.200. The molecule has 2 aliphatic heterocycles. The minimum absolute atomic E-state index is 0.0253. The highest BCUT2D eigenvalue weighted by Crippen LogP contribution is 2.43. The van der Waals surface area contributed by atoms with Crippen LogP contribution in [0.5, 0.6) is 0 Å². The first kappa shape index (κ1) is 11.8. The van der Waals surface area contributed by atoms with E-state index in [1.54, 1.807) is 0 Å². The summed E-state index contributed by atoms with van der Waals surface area (Å²) in [6.45, 7) is 2.83. The highest BCUT2D eigenvalue weighted by Gasteiger charge is 2.46. The quantitative estimate of drug-likeness (QED) is 0.402. The Morgan fingerprint density at radius 3 is 2.25 bits per heavy atom. The summed E-state index contributed by atoms with van der Waals surface area (Å²) < 4.78 is 10.7. The number of hydrogen-bond donors (Lipinski definition) is 2. The van der Waals surface area contributed by atoms with E-state index in [1.165, 1.54) is 0 Å². The van der Waals surface area contributed by atoms with Crippen LogP contribution in [0.25, 0.3) is 0 Å². The maximum absolute atomic E-state index is 12.1. The second-order valence-corrected chi connectivity index (χ2v) is 4.63. The fraction of sp³-hybridized carbons (Fsp3) is 0.909. The first-order valence-electron chi connectivity index (χ1n) is 5.96. The van der Waals surface area contributed by atoms with Gasteiger partial charge >= 0.3 is 0 Å². The molecule has 16 heavy (non-hydrogen) atoms. The third-order valence-electron chi connectivity index (χ3n) is 3.97. The number of amides is 1. The Kier molecular flexibility index (Phi) is 3.78. The number of nitrogens with one attached hydrogen (secondary N) is 1. The Balaban J connectivity index is 2.14. The van der Waals surface area contributed by atoms with Gasteiger partial charge in [-0.25, -0.2) is 5.84 Å². The Labute approximate surface area is 95.6 Å². The topological polar surface area (TPSA) is 73.6 Å². The van der Waals surface area contributed by atoms with Crippen LogP contribution in [0.2, 0.25) is 0 Å². The lowest BCUT2D eigenvalue weighted by Gasteiger charge is -2.43. The Morgan fingerprint density at radius 1 is 1.12 bits per heavy atom. The van der Waals surface area contributed by atoms with Crippen LogP contribution in [-0.2, 0) is 14.3 Å². The van der Waals surface area contributed by atoms with Gasteiger partial charge in [0.1, 0.15) is 0 Å². The van der Waals surface area contributed by atoms with E-state index in [1.807, 2.05) is 0 Å². The molecule has 3 N–H and O–H groups in total. The van der Waals surface area contributed by atoms with Crippen molar-refractivity contribution in [2.75, 3.05) is 26.4 Å². The largest absolute Gasteiger partial charge is 0.381 e. The van der Waals surface area contributed by atoms with Gasteiger partial charge in [0.2, 0.25) is 5.91 Å². The molecule has 2 saturated heterocycles. The average molecular weight is 228 g/mol. The van der Waals surface area contributed by atoms with Crippen LogP contribution in [0.15, 0.2) is 0 Å². The van der Waals surface area contributed by atoms with Crippen LogP contribution in [0.1, 0.15) is 25.7 Å². The number of ether oxygens (including phenoxy) is 2. The molecule has 0 unspecified atom stereocenters. The molecule has 0 saturated carbocycles. The molecular formula is C11H20N2O3. The van der Waals surface area contributed by atoms with Crippen molar-refractivity contribution in [1.29, 1.82) is 0 Å². The summed E-state index contributed by atoms with van der Waals surface area (Å²) >= 11 is 0. The highest BCUT2D eigenvalue weighted by molar-refractivity contribution is 5.82. The number of rotatable bonds is 2. The SMILES string of the molecule is NNC(=O)C1(C2CCOCC2)CCOCC1. The summed E-state index contributed by atoms with van der Waals surface area (Å²) in [6.07, 6.45) is 3.46. The summed E-state index contributed by atoms with van der Waals surface area (Å²) in [7, 11) is 0. The normalized spacial score (nSPS) is 26.3. The minimum atomic E-state index is -0.323. The Bertz CT molecular complexity index is 246. The van der Waals surface area contributed by atoms with Crippen molar-refractivity contribution in [3.63, 3.8) is 0 Å². The van der Waals surface area contributed by atoms with Crippen molar-refractivity contribution >= 4 is 5.91 Å². The molecule has 5 nitrogen and oxygen atoms in total. The van der Waals surface area contributed by atoms with Gasteiger partial charge in [-0.15, -0.1) is 0 Å². The van der Waals surface area contributed by atoms with E-state index in [0.717, 1.165) is 38.9 Å². The van der Waals surface area contributed by atoms with Crippen LogP contribution >= 0.6 is 0 Å². The molecule has 2 fully saturated rings. The molecule has 0 aromatic rings. The molecule has 2 aliphatic rings. The summed E-state index contributed by atoms with van der Waals surface area (Å²) in [5.74, 6) is 5.68. The van der Waals surface area contributed by atoms with E-state index in [4.69, 9.17) is 15.3 Å². The molecule has 92 valence electrons. The molecule has 2 heterocycles. The fourth-order valence-electron chi connectivity index (χ4n) is 2.95. The van der Waals surface area contributed by atoms with Crippen molar-refractivity contribution in [3.8, 4) is 0 Å². The van der Waals surface area contributed by atoms with Crippen molar-refractivity contribution in [2.45, 2.75) is 25.7 Å². The van der Waals surface area contributed by atoms with E-state index < -0.39 is 0 Å². The number of carbonyl (C=O) groups excluding carboxylic acids is 1. The maximum Gasteiger partial charge on any atom is 0.240 e. The zero-order chi connectivity index (χ0) is 11.4. The van der Waals surface area contributed by atoms with E-state index in [9.17, 15) is 4.79 Å².